The molecule has 1 aromatic carbocycles. The fourth-order valence-electron chi connectivity index (χ4n) is 3.41. The maximum atomic E-state index is 4.53. The molecule has 106 valence electrons. The van der Waals surface area contributed by atoms with Crippen molar-refractivity contribution in [2.45, 2.75) is 38.6 Å². The number of aromatic nitrogens is 2. The van der Waals surface area contributed by atoms with Crippen molar-refractivity contribution in [2.24, 2.45) is 5.92 Å². The first-order valence-electron chi connectivity index (χ1n) is 7.66. The Hall–Kier alpha value is -1.61. The number of hydrogen-bond acceptors (Lipinski definition) is 2. The Balaban J connectivity index is 1.75. The molecule has 1 aromatic heterocycles. The van der Waals surface area contributed by atoms with Crippen LogP contribution in [-0.4, -0.2) is 22.4 Å². The van der Waals surface area contributed by atoms with Crippen LogP contribution in [0.3, 0.4) is 0 Å². The van der Waals surface area contributed by atoms with Gasteiger partial charge in [0.25, 0.3) is 0 Å². The summed E-state index contributed by atoms with van der Waals surface area (Å²) >= 11 is 0. The molecule has 1 aliphatic carbocycles. The number of nitrogens with one attached hydrogen (secondary N) is 1. The lowest BCUT2D eigenvalue weighted by Crippen LogP contribution is -2.48. The smallest absolute Gasteiger partial charge is 0.0645 e. The maximum Gasteiger partial charge on any atom is 0.0645 e. The molecule has 20 heavy (non-hydrogen) atoms. The van der Waals surface area contributed by atoms with E-state index in [1.807, 2.05) is 16.9 Å². The second-order valence-corrected chi connectivity index (χ2v) is 5.63. The topological polar surface area (TPSA) is 29.9 Å². The van der Waals surface area contributed by atoms with Gasteiger partial charge in [-0.2, -0.15) is 5.10 Å². The van der Waals surface area contributed by atoms with Gasteiger partial charge in [0.2, 0.25) is 0 Å². The summed E-state index contributed by atoms with van der Waals surface area (Å²) in [5, 5.41) is 8.12. The molecule has 3 rings (SSSR count). The summed E-state index contributed by atoms with van der Waals surface area (Å²) < 4.78 is 1.99. The lowest BCUT2D eigenvalue weighted by Gasteiger charge is -2.44. The Morgan fingerprint density at radius 1 is 1.25 bits per heavy atom. The first-order valence-corrected chi connectivity index (χ1v) is 7.66. The lowest BCUT2D eigenvalue weighted by molar-refractivity contribution is 0.163. The van der Waals surface area contributed by atoms with Crippen LogP contribution in [-0.2, 0) is 0 Å². The van der Waals surface area contributed by atoms with E-state index < -0.39 is 0 Å². The molecule has 0 spiro atoms. The Morgan fingerprint density at radius 3 is 2.75 bits per heavy atom. The molecule has 3 heteroatoms. The van der Waals surface area contributed by atoms with Crippen molar-refractivity contribution in [1.29, 1.82) is 0 Å². The number of para-hydroxylation sites is 1. The SMILES string of the molecule is CCNC1CC(c2cnn(-c3ccccc3)c2)C1CC. The fraction of sp³-hybridized carbons (Fsp3) is 0.471. The Morgan fingerprint density at radius 2 is 2.05 bits per heavy atom. The highest BCUT2D eigenvalue weighted by Crippen LogP contribution is 2.44. The van der Waals surface area contributed by atoms with Gasteiger partial charge in [-0.05, 0) is 42.5 Å². The summed E-state index contributed by atoms with van der Waals surface area (Å²) in [7, 11) is 0. The van der Waals surface area contributed by atoms with Gasteiger partial charge < -0.3 is 5.32 Å². The summed E-state index contributed by atoms with van der Waals surface area (Å²) in [6.07, 6.45) is 6.72. The number of rotatable bonds is 5. The van der Waals surface area contributed by atoms with E-state index >= 15 is 0 Å². The van der Waals surface area contributed by atoms with Crippen molar-refractivity contribution >= 4 is 0 Å². The normalized spacial score (nSPS) is 25.4. The Kier molecular flexibility index (Phi) is 3.88. The van der Waals surface area contributed by atoms with Crippen LogP contribution in [0, 0.1) is 5.92 Å². The molecule has 0 radical (unpaired) electrons. The average molecular weight is 269 g/mol. The zero-order chi connectivity index (χ0) is 13.9. The van der Waals surface area contributed by atoms with E-state index in [9.17, 15) is 0 Å². The van der Waals surface area contributed by atoms with Crippen molar-refractivity contribution in [3.05, 3.63) is 48.3 Å². The van der Waals surface area contributed by atoms with Crippen LogP contribution in [0.25, 0.3) is 5.69 Å². The van der Waals surface area contributed by atoms with E-state index in [0.29, 0.717) is 12.0 Å². The molecule has 2 aromatic rings. The number of benzene rings is 1. The highest BCUT2D eigenvalue weighted by Gasteiger charge is 2.40. The van der Waals surface area contributed by atoms with E-state index in [2.05, 4.69) is 54.7 Å². The van der Waals surface area contributed by atoms with Crippen molar-refractivity contribution in [3.8, 4) is 5.69 Å². The molecule has 1 fully saturated rings. The molecule has 1 aliphatic rings. The molecule has 1 heterocycles. The highest BCUT2D eigenvalue weighted by molar-refractivity contribution is 5.32. The molecule has 3 atom stereocenters. The van der Waals surface area contributed by atoms with Gasteiger partial charge in [-0.15, -0.1) is 0 Å². The van der Waals surface area contributed by atoms with Gasteiger partial charge in [-0.25, -0.2) is 4.68 Å². The predicted molar refractivity (Wildman–Crippen MR) is 82.2 cm³/mol. The molecule has 0 bridgehead atoms. The van der Waals surface area contributed by atoms with Gasteiger partial charge in [0, 0.05) is 12.2 Å². The standard InChI is InChI=1S/C17H23N3/c1-3-15-16(10-17(15)18-4-2)13-11-19-20(12-13)14-8-6-5-7-9-14/h5-9,11-12,15-18H,3-4,10H2,1-2H3. The van der Waals surface area contributed by atoms with E-state index in [1.165, 1.54) is 18.4 Å². The van der Waals surface area contributed by atoms with Crippen molar-refractivity contribution in [2.75, 3.05) is 6.54 Å². The molecule has 0 aliphatic heterocycles. The van der Waals surface area contributed by atoms with Crippen molar-refractivity contribution < 1.29 is 0 Å². The van der Waals surface area contributed by atoms with Gasteiger partial charge in [-0.3, -0.25) is 0 Å². The van der Waals surface area contributed by atoms with Gasteiger partial charge in [0.1, 0.15) is 0 Å². The van der Waals surface area contributed by atoms with Crippen LogP contribution >= 0.6 is 0 Å². The Bertz CT molecular complexity index is 546. The van der Waals surface area contributed by atoms with Gasteiger partial charge in [0.15, 0.2) is 0 Å². The third kappa shape index (κ3) is 2.38. The summed E-state index contributed by atoms with van der Waals surface area (Å²) in [6, 6.07) is 11.0. The maximum absolute atomic E-state index is 4.53. The molecular formula is C17H23N3. The van der Waals surface area contributed by atoms with E-state index in [0.717, 1.165) is 18.2 Å². The first-order chi connectivity index (χ1) is 9.83. The van der Waals surface area contributed by atoms with E-state index in [1.54, 1.807) is 0 Å². The molecule has 0 amide bonds. The van der Waals surface area contributed by atoms with Crippen LogP contribution in [0.2, 0.25) is 0 Å². The number of hydrogen-bond donors (Lipinski definition) is 1. The monoisotopic (exact) mass is 269 g/mol. The minimum Gasteiger partial charge on any atom is -0.314 e. The molecule has 0 saturated heterocycles. The van der Waals surface area contributed by atoms with Crippen molar-refractivity contribution in [1.82, 2.24) is 15.1 Å². The first kappa shape index (κ1) is 13.4. The van der Waals surface area contributed by atoms with Crippen LogP contribution in [0.5, 0.6) is 0 Å². The Labute approximate surface area is 121 Å². The van der Waals surface area contributed by atoms with E-state index in [4.69, 9.17) is 0 Å². The molecule has 3 nitrogen and oxygen atoms in total. The number of nitrogens with zero attached hydrogens (tertiary/aromatic N) is 2. The summed E-state index contributed by atoms with van der Waals surface area (Å²) in [5.41, 5.74) is 2.52. The van der Waals surface area contributed by atoms with Gasteiger partial charge >= 0.3 is 0 Å². The largest absolute Gasteiger partial charge is 0.314 e. The van der Waals surface area contributed by atoms with Gasteiger partial charge in [-0.1, -0.05) is 38.5 Å². The molecule has 1 saturated carbocycles. The summed E-state index contributed by atoms with van der Waals surface area (Å²) in [6.45, 7) is 5.55. The van der Waals surface area contributed by atoms with Crippen LogP contribution in [0.4, 0.5) is 0 Å². The second kappa shape index (κ2) is 5.80. The molecule has 1 N–H and O–H groups in total. The fourth-order valence-corrected chi connectivity index (χ4v) is 3.41. The third-order valence-corrected chi connectivity index (χ3v) is 4.53. The lowest BCUT2D eigenvalue weighted by atomic mass is 9.65. The van der Waals surface area contributed by atoms with Crippen LogP contribution in [0.1, 0.15) is 38.2 Å². The minimum atomic E-state index is 0.668. The van der Waals surface area contributed by atoms with Crippen LogP contribution in [0.15, 0.2) is 42.7 Å². The highest BCUT2D eigenvalue weighted by atomic mass is 15.3. The van der Waals surface area contributed by atoms with E-state index in [-0.39, 0.29) is 0 Å². The van der Waals surface area contributed by atoms with Crippen molar-refractivity contribution in [3.63, 3.8) is 0 Å². The van der Waals surface area contributed by atoms with Gasteiger partial charge in [0.05, 0.1) is 11.9 Å². The minimum absolute atomic E-state index is 0.668. The quantitative estimate of drug-likeness (QED) is 0.902. The zero-order valence-electron chi connectivity index (χ0n) is 12.3. The van der Waals surface area contributed by atoms with Crippen LogP contribution < -0.4 is 5.32 Å². The zero-order valence-corrected chi connectivity index (χ0v) is 12.3. The molecular weight excluding hydrogens is 246 g/mol. The summed E-state index contributed by atoms with van der Waals surface area (Å²) in [4.78, 5) is 0. The molecule has 3 unspecified atom stereocenters. The third-order valence-electron chi connectivity index (χ3n) is 4.53. The predicted octanol–water partition coefficient (Wildman–Crippen LogP) is 3.36. The summed E-state index contributed by atoms with van der Waals surface area (Å²) in [5.74, 6) is 1.42. The second-order valence-electron chi connectivity index (χ2n) is 5.63. The average Bonchev–Trinajstić information content (AvgIpc) is 2.93.